The Bertz CT molecular complexity index is 1000. The monoisotopic (exact) mass is 371 g/mol. The average Bonchev–Trinajstić information content (AvgIpc) is 3.23. The van der Waals surface area contributed by atoms with E-state index < -0.39 is 11.8 Å². The van der Waals surface area contributed by atoms with Gasteiger partial charge in [-0.1, -0.05) is 12.1 Å². The first kappa shape index (κ1) is 17.1. The van der Waals surface area contributed by atoms with E-state index in [1.807, 2.05) is 0 Å². The number of furan rings is 1. The third-order valence-corrected chi connectivity index (χ3v) is 4.26. The smallest absolute Gasteiger partial charge is 0.346 e. The Balaban J connectivity index is 1.41. The number of halogens is 1. The number of aromatic nitrogens is 3. The van der Waals surface area contributed by atoms with E-state index in [1.165, 1.54) is 29.1 Å². The van der Waals surface area contributed by atoms with Crippen LogP contribution in [0.4, 0.5) is 14.9 Å². The van der Waals surface area contributed by atoms with Gasteiger partial charge in [0.15, 0.2) is 5.76 Å². The van der Waals surface area contributed by atoms with Crippen molar-refractivity contribution in [2.75, 3.05) is 11.9 Å². The molecule has 2 aromatic heterocycles. The molecule has 1 fully saturated rings. The highest BCUT2D eigenvalue weighted by atomic mass is 19.1. The first-order valence-electron chi connectivity index (χ1n) is 8.66. The topological polar surface area (TPSA) is 94.1 Å². The van der Waals surface area contributed by atoms with Crippen LogP contribution in [0.1, 0.15) is 18.9 Å². The highest BCUT2D eigenvalue weighted by Gasteiger charge is 2.31. The molecule has 2 N–H and O–H groups in total. The molecule has 0 radical (unpaired) electrons. The lowest BCUT2D eigenvalue weighted by Crippen LogP contribution is -2.34. The Morgan fingerprint density at radius 2 is 2.07 bits per heavy atom. The number of anilines is 1. The summed E-state index contributed by atoms with van der Waals surface area (Å²) in [6.45, 7) is 0.358. The van der Waals surface area contributed by atoms with Gasteiger partial charge in [-0.2, -0.15) is 0 Å². The lowest BCUT2D eigenvalue weighted by molar-refractivity contribution is 0.251. The predicted octanol–water partition coefficient (Wildman–Crippen LogP) is 2.60. The van der Waals surface area contributed by atoms with Crippen LogP contribution in [0.3, 0.4) is 0 Å². The summed E-state index contributed by atoms with van der Waals surface area (Å²) in [5.41, 5.74) is -0.148. The molecule has 3 aromatic rings. The van der Waals surface area contributed by atoms with Gasteiger partial charge in [0, 0.05) is 12.6 Å². The van der Waals surface area contributed by atoms with Crippen LogP contribution in [0.25, 0.3) is 11.6 Å². The van der Waals surface area contributed by atoms with Gasteiger partial charge in [0.05, 0.1) is 18.5 Å². The molecule has 140 valence electrons. The zero-order valence-electron chi connectivity index (χ0n) is 14.4. The van der Waals surface area contributed by atoms with E-state index in [1.54, 1.807) is 22.8 Å². The van der Waals surface area contributed by atoms with Gasteiger partial charge < -0.3 is 15.1 Å². The molecule has 0 saturated heterocycles. The van der Waals surface area contributed by atoms with E-state index in [2.05, 4.69) is 15.7 Å². The first-order valence-corrected chi connectivity index (χ1v) is 8.66. The van der Waals surface area contributed by atoms with Gasteiger partial charge in [-0.3, -0.25) is 4.57 Å². The minimum atomic E-state index is -0.555. The molecule has 8 nitrogen and oxygen atoms in total. The summed E-state index contributed by atoms with van der Waals surface area (Å²) in [5.74, 6) is 0.501. The van der Waals surface area contributed by atoms with Crippen molar-refractivity contribution in [2.24, 2.45) is 0 Å². The molecule has 0 spiro atoms. The third kappa shape index (κ3) is 3.62. The Hall–Kier alpha value is -3.36. The summed E-state index contributed by atoms with van der Waals surface area (Å²) in [4.78, 5) is 24.5. The van der Waals surface area contributed by atoms with Gasteiger partial charge >= 0.3 is 11.7 Å². The van der Waals surface area contributed by atoms with Crippen LogP contribution in [-0.2, 0) is 6.54 Å². The number of para-hydroxylation sites is 1. The number of carbonyl (C=O) groups is 1. The Morgan fingerprint density at radius 3 is 2.78 bits per heavy atom. The second-order valence-electron chi connectivity index (χ2n) is 6.27. The Morgan fingerprint density at radius 1 is 1.26 bits per heavy atom. The van der Waals surface area contributed by atoms with E-state index in [0.717, 1.165) is 12.8 Å². The average molecular weight is 371 g/mol. The third-order valence-electron chi connectivity index (χ3n) is 4.26. The van der Waals surface area contributed by atoms with Crippen molar-refractivity contribution in [3.63, 3.8) is 0 Å². The van der Waals surface area contributed by atoms with Gasteiger partial charge in [-0.25, -0.2) is 18.7 Å². The lowest BCUT2D eigenvalue weighted by atomic mass is 10.3. The number of amides is 2. The van der Waals surface area contributed by atoms with E-state index >= 15 is 0 Å². The van der Waals surface area contributed by atoms with Crippen molar-refractivity contribution in [1.82, 2.24) is 19.7 Å². The van der Waals surface area contributed by atoms with Crippen LogP contribution in [0, 0.1) is 5.82 Å². The minimum absolute atomic E-state index is 0.0882. The van der Waals surface area contributed by atoms with E-state index in [-0.39, 0.29) is 30.5 Å². The highest BCUT2D eigenvalue weighted by Crippen LogP contribution is 2.36. The molecule has 1 aromatic carbocycles. The second kappa shape index (κ2) is 7.10. The van der Waals surface area contributed by atoms with Gasteiger partial charge in [0.2, 0.25) is 5.82 Å². The molecule has 9 heteroatoms. The fourth-order valence-electron chi connectivity index (χ4n) is 2.81. The van der Waals surface area contributed by atoms with Crippen LogP contribution in [0.15, 0.2) is 51.9 Å². The predicted molar refractivity (Wildman–Crippen MR) is 95.9 cm³/mol. The number of hydrogen-bond acceptors (Lipinski definition) is 4. The number of rotatable bonds is 6. The summed E-state index contributed by atoms with van der Waals surface area (Å²) in [6, 6.07) is 8.97. The number of hydrogen-bond donors (Lipinski definition) is 2. The second-order valence-corrected chi connectivity index (χ2v) is 6.27. The normalized spacial score (nSPS) is 13.5. The maximum atomic E-state index is 13.5. The summed E-state index contributed by atoms with van der Waals surface area (Å²) in [7, 11) is 0. The van der Waals surface area contributed by atoms with E-state index in [9.17, 15) is 14.0 Å². The maximum absolute atomic E-state index is 13.5. The molecule has 2 heterocycles. The van der Waals surface area contributed by atoms with Gasteiger partial charge in [-0.05, 0) is 37.1 Å². The fourth-order valence-corrected chi connectivity index (χ4v) is 2.81. The summed E-state index contributed by atoms with van der Waals surface area (Å²) in [6.07, 6.45) is 3.40. The Labute approximate surface area is 153 Å². The minimum Gasteiger partial charge on any atom is -0.461 e. The maximum Gasteiger partial charge on any atom is 0.346 e. The fraction of sp³-hybridized carbons (Fsp3) is 0.278. The van der Waals surface area contributed by atoms with Gasteiger partial charge in [-0.15, -0.1) is 5.10 Å². The van der Waals surface area contributed by atoms with Crippen molar-refractivity contribution in [2.45, 2.75) is 25.4 Å². The zero-order valence-corrected chi connectivity index (χ0v) is 14.4. The number of nitrogens with one attached hydrogen (secondary N) is 2. The van der Waals surface area contributed by atoms with Crippen LogP contribution < -0.4 is 16.3 Å². The standard InChI is InChI=1S/C18H18FN5O3/c19-13-4-1-2-5-14(13)21-17(25)20-9-10-23-18(26)24(12-7-8-12)16(22-23)15-6-3-11-27-15/h1-6,11-12H,7-10H2,(H2,20,21,25). The van der Waals surface area contributed by atoms with Crippen LogP contribution >= 0.6 is 0 Å². The molecule has 1 saturated carbocycles. The molecule has 0 bridgehead atoms. The SMILES string of the molecule is O=C(NCCn1nc(-c2ccco2)n(C2CC2)c1=O)Nc1ccccc1F. The molecule has 2 amide bonds. The van der Waals surface area contributed by atoms with Crippen molar-refractivity contribution < 1.29 is 13.6 Å². The van der Waals surface area contributed by atoms with E-state index in [0.29, 0.717) is 11.6 Å². The lowest BCUT2D eigenvalue weighted by Gasteiger charge is -2.07. The molecule has 0 atom stereocenters. The number of benzene rings is 1. The number of urea groups is 1. The zero-order chi connectivity index (χ0) is 18.8. The van der Waals surface area contributed by atoms with Gasteiger partial charge in [0.25, 0.3) is 0 Å². The largest absolute Gasteiger partial charge is 0.461 e. The molecule has 4 rings (SSSR count). The molecule has 1 aliphatic carbocycles. The highest BCUT2D eigenvalue weighted by molar-refractivity contribution is 5.89. The molecule has 1 aliphatic rings. The molecule has 0 aliphatic heterocycles. The van der Waals surface area contributed by atoms with Crippen molar-refractivity contribution >= 4 is 11.7 Å². The molecule has 27 heavy (non-hydrogen) atoms. The van der Waals surface area contributed by atoms with Crippen LogP contribution in [0.5, 0.6) is 0 Å². The molecule has 0 unspecified atom stereocenters. The molecular weight excluding hydrogens is 353 g/mol. The van der Waals surface area contributed by atoms with Crippen molar-refractivity contribution in [3.8, 4) is 11.6 Å². The van der Waals surface area contributed by atoms with Gasteiger partial charge in [0.1, 0.15) is 5.82 Å². The number of carbonyl (C=O) groups excluding carboxylic acids is 1. The Kier molecular flexibility index (Phi) is 4.49. The summed E-state index contributed by atoms with van der Waals surface area (Å²) < 4.78 is 21.9. The molecular formula is C18H18FN5O3. The van der Waals surface area contributed by atoms with Crippen molar-refractivity contribution in [3.05, 3.63) is 59.0 Å². The summed E-state index contributed by atoms with van der Waals surface area (Å²) >= 11 is 0. The van der Waals surface area contributed by atoms with Crippen LogP contribution in [0.2, 0.25) is 0 Å². The van der Waals surface area contributed by atoms with Crippen LogP contribution in [-0.4, -0.2) is 26.9 Å². The number of nitrogens with zero attached hydrogens (tertiary/aromatic N) is 3. The van der Waals surface area contributed by atoms with E-state index in [4.69, 9.17) is 4.42 Å². The summed E-state index contributed by atoms with van der Waals surface area (Å²) in [5, 5.41) is 9.37. The quantitative estimate of drug-likeness (QED) is 0.696. The van der Waals surface area contributed by atoms with Crippen molar-refractivity contribution in [1.29, 1.82) is 0 Å². The first-order chi connectivity index (χ1) is 13.1.